The van der Waals surface area contributed by atoms with Gasteiger partial charge in [-0.05, 0) is 32.0 Å². The van der Waals surface area contributed by atoms with E-state index in [-0.39, 0.29) is 5.91 Å². The van der Waals surface area contributed by atoms with Gasteiger partial charge in [-0.15, -0.1) is 11.3 Å². The molecule has 2 rings (SSSR count). The van der Waals surface area contributed by atoms with E-state index in [1.54, 1.807) is 0 Å². The quantitative estimate of drug-likeness (QED) is 0.591. The Kier molecular flexibility index (Phi) is 5.35. The number of thiazole rings is 1. The maximum atomic E-state index is 12.0. The molecule has 0 saturated heterocycles. The molecule has 112 valence electrons. The Morgan fingerprint density at radius 3 is 2.60 bits per heavy atom. The van der Waals surface area contributed by atoms with Crippen LogP contribution in [0.15, 0.2) is 0 Å². The molecule has 1 aliphatic rings. The molecule has 4 nitrogen and oxygen atoms in total. The van der Waals surface area contributed by atoms with Crippen molar-refractivity contribution in [1.82, 2.24) is 10.3 Å². The molecular weight excluding hydrogens is 292 g/mol. The van der Waals surface area contributed by atoms with Gasteiger partial charge in [0.2, 0.25) is 5.91 Å². The SMILES string of the molecule is Cc1[nH]c(=S)sc1CC(=O)NCC1(O)CCCCCC1. The number of rotatable bonds is 4. The van der Waals surface area contributed by atoms with Crippen molar-refractivity contribution in [2.45, 2.75) is 57.5 Å². The Labute approximate surface area is 128 Å². The lowest BCUT2D eigenvalue weighted by Gasteiger charge is -2.26. The van der Waals surface area contributed by atoms with Gasteiger partial charge in [0.05, 0.1) is 12.0 Å². The average molecular weight is 314 g/mol. The Hall–Kier alpha value is -0.720. The van der Waals surface area contributed by atoms with E-state index in [4.69, 9.17) is 12.2 Å². The number of carbonyl (C=O) groups excluding carboxylic acids is 1. The number of aryl methyl sites for hydroxylation is 1. The molecular formula is C14H22N2O2S2. The molecule has 0 spiro atoms. The minimum Gasteiger partial charge on any atom is -0.388 e. The number of nitrogens with one attached hydrogen (secondary N) is 2. The molecule has 6 heteroatoms. The molecule has 0 radical (unpaired) electrons. The molecule has 1 aliphatic carbocycles. The van der Waals surface area contributed by atoms with E-state index >= 15 is 0 Å². The van der Waals surface area contributed by atoms with Crippen LogP contribution in [0.25, 0.3) is 0 Å². The average Bonchev–Trinajstić information content (AvgIpc) is 2.59. The third-order valence-corrected chi connectivity index (χ3v) is 5.23. The van der Waals surface area contributed by atoms with E-state index in [2.05, 4.69) is 10.3 Å². The van der Waals surface area contributed by atoms with Gasteiger partial charge in [-0.1, -0.05) is 25.7 Å². The number of hydrogen-bond donors (Lipinski definition) is 3. The second-order valence-corrected chi connectivity index (χ2v) is 7.43. The summed E-state index contributed by atoms with van der Waals surface area (Å²) in [5.41, 5.74) is 0.245. The number of aromatic nitrogens is 1. The van der Waals surface area contributed by atoms with E-state index < -0.39 is 5.60 Å². The fourth-order valence-electron chi connectivity index (χ4n) is 2.64. The van der Waals surface area contributed by atoms with E-state index in [1.165, 1.54) is 24.2 Å². The first-order chi connectivity index (χ1) is 9.48. The van der Waals surface area contributed by atoms with Crippen LogP contribution in [0.4, 0.5) is 0 Å². The summed E-state index contributed by atoms with van der Waals surface area (Å²) in [4.78, 5) is 16.0. The van der Waals surface area contributed by atoms with Crippen LogP contribution in [0.3, 0.4) is 0 Å². The fraction of sp³-hybridized carbons (Fsp3) is 0.714. The van der Waals surface area contributed by atoms with Crippen molar-refractivity contribution in [3.05, 3.63) is 14.5 Å². The van der Waals surface area contributed by atoms with E-state index in [1.807, 2.05) is 6.92 Å². The second-order valence-electron chi connectivity index (χ2n) is 5.65. The fourth-order valence-corrected chi connectivity index (χ4v) is 3.93. The molecule has 1 saturated carbocycles. The van der Waals surface area contributed by atoms with Crippen LogP contribution in [0.1, 0.15) is 49.1 Å². The molecule has 1 amide bonds. The van der Waals surface area contributed by atoms with Crippen molar-refractivity contribution in [2.24, 2.45) is 0 Å². The van der Waals surface area contributed by atoms with Crippen molar-refractivity contribution >= 4 is 29.5 Å². The minimum atomic E-state index is -0.716. The standard InChI is InChI=1S/C14H22N2O2S2/c1-10-11(20-13(19)16-10)8-12(17)15-9-14(18)6-4-2-3-5-7-14/h18H,2-9H2,1H3,(H,15,17)(H,16,19). The van der Waals surface area contributed by atoms with Crippen LogP contribution >= 0.6 is 23.6 Å². The molecule has 1 aromatic heterocycles. The van der Waals surface area contributed by atoms with Gasteiger partial charge < -0.3 is 15.4 Å². The topological polar surface area (TPSA) is 65.1 Å². The highest BCUT2D eigenvalue weighted by molar-refractivity contribution is 7.73. The lowest BCUT2D eigenvalue weighted by Crippen LogP contribution is -2.43. The van der Waals surface area contributed by atoms with Crippen LogP contribution in [0.2, 0.25) is 0 Å². The first kappa shape index (κ1) is 15.7. The number of aromatic amines is 1. The van der Waals surface area contributed by atoms with Crippen LogP contribution in [-0.4, -0.2) is 28.1 Å². The number of amides is 1. The third kappa shape index (κ3) is 4.40. The van der Waals surface area contributed by atoms with Crippen molar-refractivity contribution in [2.75, 3.05) is 6.54 Å². The van der Waals surface area contributed by atoms with Gasteiger partial charge in [0, 0.05) is 17.1 Å². The van der Waals surface area contributed by atoms with Crippen LogP contribution in [0.5, 0.6) is 0 Å². The van der Waals surface area contributed by atoms with E-state index in [0.717, 1.165) is 36.3 Å². The zero-order chi connectivity index (χ0) is 14.6. The molecule has 20 heavy (non-hydrogen) atoms. The summed E-state index contributed by atoms with van der Waals surface area (Å²) >= 11 is 6.51. The zero-order valence-electron chi connectivity index (χ0n) is 11.8. The Morgan fingerprint density at radius 1 is 1.40 bits per heavy atom. The molecule has 1 heterocycles. The van der Waals surface area contributed by atoms with Gasteiger partial charge in [0.25, 0.3) is 0 Å². The molecule has 1 aromatic rings. The summed E-state index contributed by atoms with van der Waals surface area (Å²) in [6.45, 7) is 2.29. The van der Waals surface area contributed by atoms with Crippen LogP contribution < -0.4 is 5.32 Å². The second kappa shape index (κ2) is 6.83. The zero-order valence-corrected chi connectivity index (χ0v) is 13.5. The van der Waals surface area contributed by atoms with E-state index in [0.29, 0.717) is 16.9 Å². The number of hydrogen-bond acceptors (Lipinski definition) is 4. The number of H-pyrrole nitrogens is 1. The van der Waals surface area contributed by atoms with E-state index in [9.17, 15) is 9.90 Å². The summed E-state index contributed by atoms with van der Waals surface area (Å²) < 4.78 is 0.702. The van der Waals surface area contributed by atoms with Crippen LogP contribution in [-0.2, 0) is 11.2 Å². The summed E-state index contributed by atoms with van der Waals surface area (Å²) in [6, 6.07) is 0. The first-order valence-electron chi connectivity index (χ1n) is 7.16. The van der Waals surface area contributed by atoms with Gasteiger partial charge in [-0.25, -0.2) is 0 Å². The number of carbonyl (C=O) groups is 1. The monoisotopic (exact) mass is 314 g/mol. The first-order valence-corrected chi connectivity index (χ1v) is 8.39. The number of aliphatic hydroxyl groups is 1. The predicted molar refractivity (Wildman–Crippen MR) is 83.6 cm³/mol. The van der Waals surface area contributed by atoms with Crippen LogP contribution in [0, 0.1) is 10.9 Å². The normalized spacial score (nSPS) is 18.5. The largest absolute Gasteiger partial charge is 0.388 e. The summed E-state index contributed by atoms with van der Waals surface area (Å²) in [5.74, 6) is -0.0454. The smallest absolute Gasteiger partial charge is 0.225 e. The minimum absolute atomic E-state index is 0.0454. The highest BCUT2D eigenvalue weighted by Crippen LogP contribution is 2.26. The Balaban J connectivity index is 1.85. The highest BCUT2D eigenvalue weighted by Gasteiger charge is 2.28. The van der Waals surface area contributed by atoms with Gasteiger partial charge in [0.15, 0.2) is 3.95 Å². The molecule has 3 N–H and O–H groups in total. The van der Waals surface area contributed by atoms with Crippen molar-refractivity contribution < 1.29 is 9.90 Å². The molecule has 0 unspecified atom stereocenters. The van der Waals surface area contributed by atoms with Gasteiger partial charge in [0.1, 0.15) is 0 Å². The Morgan fingerprint density at radius 2 is 2.05 bits per heavy atom. The summed E-state index contributed by atoms with van der Waals surface area (Å²) in [6.07, 6.45) is 6.37. The highest BCUT2D eigenvalue weighted by atomic mass is 32.1. The van der Waals surface area contributed by atoms with Gasteiger partial charge in [-0.3, -0.25) is 4.79 Å². The van der Waals surface area contributed by atoms with Crippen molar-refractivity contribution in [1.29, 1.82) is 0 Å². The van der Waals surface area contributed by atoms with Gasteiger partial charge >= 0.3 is 0 Å². The molecule has 0 bridgehead atoms. The summed E-state index contributed by atoms with van der Waals surface area (Å²) in [7, 11) is 0. The molecule has 0 aliphatic heterocycles. The maximum Gasteiger partial charge on any atom is 0.225 e. The molecule has 1 fully saturated rings. The molecule has 0 aromatic carbocycles. The maximum absolute atomic E-state index is 12.0. The lowest BCUT2D eigenvalue weighted by molar-refractivity contribution is -0.121. The van der Waals surface area contributed by atoms with Gasteiger partial charge in [-0.2, -0.15) is 0 Å². The predicted octanol–water partition coefficient (Wildman–Crippen LogP) is 2.86. The van der Waals surface area contributed by atoms with Crippen molar-refractivity contribution in [3.8, 4) is 0 Å². The lowest BCUT2D eigenvalue weighted by atomic mass is 9.94. The molecule has 0 atom stereocenters. The third-order valence-electron chi connectivity index (χ3n) is 3.89. The Bertz CT molecular complexity index is 513. The summed E-state index contributed by atoms with van der Waals surface area (Å²) in [5, 5.41) is 13.4. The van der Waals surface area contributed by atoms with Crippen molar-refractivity contribution in [3.63, 3.8) is 0 Å².